The van der Waals surface area contributed by atoms with Gasteiger partial charge in [0.2, 0.25) is 5.91 Å². The third kappa shape index (κ3) is 4.31. The quantitative estimate of drug-likeness (QED) is 0.733. The molecule has 1 heterocycles. The molecule has 0 bridgehead atoms. The maximum absolute atomic E-state index is 11.8. The van der Waals surface area contributed by atoms with E-state index in [9.17, 15) is 14.7 Å². The first-order valence-corrected chi connectivity index (χ1v) is 7.84. The molecule has 1 aliphatic rings. The van der Waals surface area contributed by atoms with Crippen LogP contribution in [0.1, 0.15) is 41.8 Å². The van der Waals surface area contributed by atoms with Gasteiger partial charge in [0.1, 0.15) is 0 Å². The molecular formula is C14H20N2O3S. The second kappa shape index (κ2) is 7.40. The van der Waals surface area contributed by atoms with Crippen molar-refractivity contribution in [2.45, 2.75) is 44.2 Å². The van der Waals surface area contributed by atoms with Crippen molar-refractivity contribution in [3.63, 3.8) is 0 Å². The Balaban J connectivity index is 1.76. The van der Waals surface area contributed by atoms with E-state index in [1.165, 1.54) is 11.3 Å². The van der Waals surface area contributed by atoms with Crippen molar-refractivity contribution < 1.29 is 14.7 Å². The molecule has 0 aliphatic heterocycles. The molecule has 0 spiro atoms. The van der Waals surface area contributed by atoms with E-state index in [0.29, 0.717) is 4.88 Å². The number of carbonyl (C=O) groups is 2. The minimum atomic E-state index is -0.477. The summed E-state index contributed by atoms with van der Waals surface area (Å²) in [6.45, 7) is -0.0556. The molecule has 1 saturated carbocycles. The largest absolute Gasteiger partial charge is 0.391 e. The summed E-state index contributed by atoms with van der Waals surface area (Å²) in [5.41, 5.74) is 0. The number of nitrogens with one attached hydrogen (secondary N) is 2. The molecule has 20 heavy (non-hydrogen) atoms. The number of thiophene rings is 1. The van der Waals surface area contributed by atoms with Crippen molar-refractivity contribution in [3.05, 3.63) is 22.4 Å². The van der Waals surface area contributed by atoms with E-state index in [1.807, 2.05) is 5.38 Å². The first-order chi connectivity index (χ1) is 9.66. The third-order valence-electron chi connectivity index (χ3n) is 3.48. The summed E-state index contributed by atoms with van der Waals surface area (Å²) in [6.07, 6.45) is 4.16. The number of amides is 2. The molecule has 1 aliphatic carbocycles. The molecule has 0 saturated heterocycles. The van der Waals surface area contributed by atoms with Crippen molar-refractivity contribution >= 4 is 23.2 Å². The van der Waals surface area contributed by atoms with Crippen LogP contribution < -0.4 is 10.6 Å². The highest BCUT2D eigenvalue weighted by molar-refractivity contribution is 7.12. The van der Waals surface area contributed by atoms with Crippen molar-refractivity contribution in [2.24, 2.45) is 0 Å². The lowest BCUT2D eigenvalue weighted by Gasteiger charge is -2.21. The zero-order valence-corrected chi connectivity index (χ0v) is 12.1. The van der Waals surface area contributed by atoms with E-state index in [-0.39, 0.29) is 24.4 Å². The van der Waals surface area contributed by atoms with Gasteiger partial charge in [0.15, 0.2) is 0 Å². The minimum Gasteiger partial charge on any atom is -0.391 e. The fourth-order valence-electron chi connectivity index (χ4n) is 2.37. The van der Waals surface area contributed by atoms with Crippen LogP contribution >= 0.6 is 11.3 Å². The Morgan fingerprint density at radius 1 is 1.30 bits per heavy atom. The summed E-state index contributed by atoms with van der Waals surface area (Å²) in [5, 5.41) is 17.1. The molecule has 1 aromatic rings. The molecule has 2 atom stereocenters. The topological polar surface area (TPSA) is 78.4 Å². The zero-order valence-electron chi connectivity index (χ0n) is 11.3. The summed E-state index contributed by atoms with van der Waals surface area (Å²) < 4.78 is 0. The Morgan fingerprint density at radius 2 is 2.10 bits per heavy atom. The average molecular weight is 296 g/mol. The smallest absolute Gasteiger partial charge is 0.261 e. The Hall–Kier alpha value is -1.40. The van der Waals surface area contributed by atoms with Gasteiger partial charge in [0.05, 0.1) is 23.6 Å². The van der Waals surface area contributed by atoms with E-state index in [2.05, 4.69) is 10.6 Å². The monoisotopic (exact) mass is 296 g/mol. The summed E-state index contributed by atoms with van der Waals surface area (Å²) >= 11 is 1.34. The van der Waals surface area contributed by atoms with Crippen molar-refractivity contribution in [2.75, 3.05) is 6.54 Å². The van der Waals surface area contributed by atoms with Crippen LogP contribution in [0.2, 0.25) is 0 Å². The lowest BCUT2D eigenvalue weighted by atomic mass is 10.1. The van der Waals surface area contributed by atoms with Gasteiger partial charge in [0.25, 0.3) is 5.91 Å². The Labute approximate surface area is 122 Å². The second-order valence-electron chi connectivity index (χ2n) is 5.04. The van der Waals surface area contributed by atoms with Gasteiger partial charge < -0.3 is 15.7 Å². The summed E-state index contributed by atoms with van der Waals surface area (Å²) in [5.74, 6) is -0.488. The van der Waals surface area contributed by atoms with Crippen LogP contribution in [0.4, 0.5) is 0 Å². The lowest BCUT2D eigenvalue weighted by molar-refractivity contribution is -0.121. The molecule has 5 nitrogen and oxygen atoms in total. The van der Waals surface area contributed by atoms with Gasteiger partial charge in [-0.3, -0.25) is 9.59 Å². The van der Waals surface area contributed by atoms with Crippen LogP contribution in [0.15, 0.2) is 17.5 Å². The van der Waals surface area contributed by atoms with Gasteiger partial charge in [-0.05, 0) is 24.3 Å². The van der Waals surface area contributed by atoms with E-state index >= 15 is 0 Å². The van der Waals surface area contributed by atoms with Crippen LogP contribution in [0, 0.1) is 0 Å². The van der Waals surface area contributed by atoms with Crippen LogP contribution in [0.25, 0.3) is 0 Å². The normalized spacial score (nSPS) is 22.9. The highest BCUT2D eigenvalue weighted by Gasteiger charge is 2.23. The average Bonchev–Trinajstić information content (AvgIpc) is 2.90. The van der Waals surface area contributed by atoms with E-state index in [0.717, 1.165) is 32.1 Å². The fraction of sp³-hybridized carbons (Fsp3) is 0.571. The van der Waals surface area contributed by atoms with Crippen LogP contribution in [0.3, 0.4) is 0 Å². The Bertz CT molecular complexity index is 447. The van der Waals surface area contributed by atoms with Gasteiger partial charge in [-0.1, -0.05) is 25.3 Å². The van der Waals surface area contributed by atoms with Crippen molar-refractivity contribution in [1.29, 1.82) is 0 Å². The molecule has 2 amide bonds. The fourth-order valence-corrected chi connectivity index (χ4v) is 3.01. The number of aliphatic hydroxyl groups excluding tert-OH is 1. The number of hydrogen-bond acceptors (Lipinski definition) is 4. The third-order valence-corrected chi connectivity index (χ3v) is 4.35. The first-order valence-electron chi connectivity index (χ1n) is 6.96. The van der Waals surface area contributed by atoms with Gasteiger partial charge in [0, 0.05) is 0 Å². The molecule has 3 N–H and O–H groups in total. The first kappa shape index (κ1) is 15.0. The number of aliphatic hydroxyl groups is 1. The molecule has 2 unspecified atom stereocenters. The molecule has 110 valence electrons. The maximum Gasteiger partial charge on any atom is 0.261 e. The molecule has 0 radical (unpaired) electrons. The maximum atomic E-state index is 11.8. The Kier molecular flexibility index (Phi) is 5.55. The number of rotatable bonds is 4. The van der Waals surface area contributed by atoms with Gasteiger partial charge in [-0.15, -0.1) is 11.3 Å². The minimum absolute atomic E-state index is 0.0556. The highest BCUT2D eigenvalue weighted by atomic mass is 32.1. The number of hydrogen-bond donors (Lipinski definition) is 3. The molecular weight excluding hydrogens is 276 g/mol. The Morgan fingerprint density at radius 3 is 2.85 bits per heavy atom. The predicted octanol–water partition coefficient (Wildman–Crippen LogP) is 1.29. The van der Waals surface area contributed by atoms with Crippen LogP contribution in [0.5, 0.6) is 0 Å². The SMILES string of the molecule is O=C(CNC(=O)c1cccs1)NC1CCCCCC1O. The predicted molar refractivity (Wildman–Crippen MR) is 77.7 cm³/mol. The highest BCUT2D eigenvalue weighted by Crippen LogP contribution is 2.17. The van der Waals surface area contributed by atoms with E-state index in [1.54, 1.807) is 12.1 Å². The summed E-state index contributed by atoms with van der Waals surface area (Å²) in [7, 11) is 0. The molecule has 2 rings (SSSR count). The molecule has 0 aromatic carbocycles. The van der Waals surface area contributed by atoms with E-state index in [4.69, 9.17) is 0 Å². The van der Waals surface area contributed by atoms with Crippen LogP contribution in [-0.4, -0.2) is 35.6 Å². The van der Waals surface area contributed by atoms with Gasteiger partial charge in [-0.25, -0.2) is 0 Å². The van der Waals surface area contributed by atoms with Crippen molar-refractivity contribution in [3.8, 4) is 0 Å². The molecule has 1 aromatic heterocycles. The van der Waals surface area contributed by atoms with E-state index < -0.39 is 6.10 Å². The molecule has 6 heteroatoms. The zero-order chi connectivity index (χ0) is 14.4. The van der Waals surface area contributed by atoms with Gasteiger partial charge in [-0.2, -0.15) is 0 Å². The summed E-state index contributed by atoms with van der Waals surface area (Å²) in [6, 6.07) is 3.32. The van der Waals surface area contributed by atoms with Gasteiger partial charge >= 0.3 is 0 Å². The summed E-state index contributed by atoms with van der Waals surface area (Å²) in [4.78, 5) is 24.1. The molecule has 1 fully saturated rings. The number of carbonyl (C=O) groups excluding carboxylic acids is 2. The standard InChI is InChI=1S/C14H20N2O3S/c17-11-6-3-1-2-5-10(11)16-13(18)9-15-14(19)12-7-4-8-20-12/h4,7-8,10-11,17H,1-3,5-6,9H2,(H,15,19)(H,16,18). The lowest BCUT2D eigenvalue weighted by Crippen LogP contribution is -2.46. The van der Waals surface area contributed by atoms with Crippen molar-refractivity contribution in [1.82, 2.24) is 10.6 Å². The second-order valence-corrected chi connectivity index (χ2v) is 5.99. The van der Waals surface area contributed by atoms with Crippen LogP contribution in [-0.2, 0) is 4.79 Å².